The van der Waals surface area contributed by atoms with Crippen molar-refractivity contribution in [3.63, 3.8) is 0 Å². The average molecular weight is 367 g/mol. The highest BCUT2D eigenvalue weighted by Gasteiger charge is 2.11. The predicted octanol–water partition coefficient (Wildman–Crippen LogP) is 3.78. The largest absolute Gasteiger partial charge is 0.360 e. The van der Waals surface area contributed by atoms with Crippen LogP contribution < -0.4 is 10.6 Å². The molecule has 1 amide bonds. The van der Waals surface area contributed by atoms with Gasteiger partial charge < -0.3 is 10.6 Å². The standard InChI is InChI=1S/C17H11BrN4O/c18-14-5-3-6-15(8-14)21-11-13(10-20)17(23)22-16-7-2-1-4-12(16)9-19/h1-8,11,21H,(H,22,23)/b13-11-. The van der Waals surface area contributed by atoms with Gasteiger partial charge in [-0.25, -0.2) is 0 Å². The summed E-state index contributed by atoms with van der Waals surface area (Å²) in [5, 5.41) is 23.6. The van der Waals surface area contributed by atoms with Crippen molar-refractivity contribution in [1.29, 1.82) is 10.5 Å². The van der Waals surface area contributed by atoms with E-state index in [1.54, 1.807) is 30.3 Å². The number of carbonyl (C=O) groups is 1. The van der Waals surface area contributed by atoms with E-state index in [4.69, 9.17) is 10.5 Å². The maximum atomic E-state index is 12.1. The van der Waals surface area contributed by atoms with E-state index >= 15 is 0 Å². The van der Waals surface area contributed by atoms with Crippen molar-refractivity contribution in [2.45, 2.75) is 0 Å². The summed E-state index contributed by atoms with van der Waals surface area (Å²) in [6, 6.07) is 17.7. The molecule has 0 spiro atoms. The molecule has 23 heavy (non-hydrogen) atoms. The quantitative estimate of drug-likeness (QED) is 0.636. The minimum absolute atomic E-state index is 0.0993. The lowest BCUT2D eigenvalue weighted by molar-refractivity contribution is -0.112. The third kappa shape index (κ3) is 4.44. The molecule has 0 saturated heterocycles. The van der Waals surface area contributed by atoms with E-state index in [-0.39, 0.29) is 5.57 Å². The molecule has 2 rings (SSSR count). The van der Waals surface area contributed by atoms with Crippen LogP contribution in [0.3, 0.4) is 0 Å². The first kappa shape index (κ1) is 16.3. The van der Waals surface area contributed by atoms with Gasteiger partial charge in [0.25, 0.3) is 5.91 Å². The van der Waals surface area contributed by atoms with Crippen molar-refractivity contribution >= 4 is 33.2 Å². The van der Waals surface area contributed by atoms with Gasteiger partial charge in [0.05, 0.1) is 11.3 Å². The van der Waals surface area contributed by atoms with Crippen molar-refractivity contribution in [2.75, 3.05) is 10.6 Å². The number of carbonyl (C=O) groups excluding carboxylic acids is 1. The Morgan fingerprint density at radius 1 is 1.13 bits per heavy atom. The van der Waals surface area contributed by atoms with Crippen LogP contribution in [-0.4, -0.2) is 5.91 Å². The Bertz CT molecular complexity index is 846. The summed E-state index contributed by atoms with van der Waals surface area (Å²) < 4.78 is 0.877. The number of hydrogen-bond donors (Lipinski definition) is 2. The third-order valence-corrected chi connectivity index (χ3v) is 3.36. The molecule has 0 fully saturated rings. The van der Waals surface area contributed by atoms with E-state index in [1.807, 2.05) is 30.3 Å². The van der Waals surface area contributed by atoms with E-state index in [1.165, 1.54) is 6.20 Å². The summed E-state index contributed by atoms with van der Waals surface area (Å²) in [6.07, 6.45) is 1.33. The molecular weight excluding hydrogens is 356 g/mol. The van der Waals surface area contributed by atoms with Gasteiger partial charge in [0, 0.05) is 16.4 Å². The van der Waals surface area contributed by atoms with E-state index in [2.05, 4.69) is 26.6 Å². The molecule has 0 aromatic heterocycles. The molecule has 5 nitrogen and oxygen atoms in total. The number of amides is 1. The molecule has 0 bridgehead atoms. The minimum Gasteiger partial charge on any atom is -0.360 e. The molecule has 0 aliphatic rings. The fourth-order valence-electron chi connectivity index (χ4n) is 1.76. The zero-order valence-corrected chi connectivity index (χ0v) is 13.5. The van der Waals surface area contributed by atoms with Gasteiger partial charge in [-0.2, -0.15) is 10.5 Å². The number of halogens is 1. The summed E-state index contributed by atoms with van der Waals surface area (Å²) in [4.78, 5) is 12.1. The average Bonchev–Trinajstić information content (AvgIpc) is 2.56. The molecule has 0 aliphatic heterocycles. The molecule has 0 unspecified atom stereocenters. The van der Waals surface area contributed by atoms with E-state index in [0.29, 0.717) is 11.3 Å². The van der Waals surface area contributed by atoms with Crippen LogP contribution in [0.1, 0.15) is 5.56 Å². The second-order valence-corrected chi connectivity index (χ2v) is 5.35. The van der Waals surface area contributed by atoms with Gasteiger partial charge in [-0.3, -0.25) is 4.79 Å². The van der Waals surface area contributed by atoms with Gasteiger partial charge in [-0.15, -0.1) is 0 Å². The van der Waals surface area contributed by atoms with Crippen LogP contribution in [0.25, 0.3) is 0 Å². The Morgan fingerprint density at radius 2 is 1.91 bits per heavy atom. The lowest BCUT2D eigenvalue weighted by Gasteiger charge is -2.06. The first-order valence-electron chi connectivity index (χ1n) is 6.57. The Balaban J connectivity index is 2.14. The molecule has 112 valence electrons. The molecule has 6 heteroatoms. The lowest BCUT2D eigenvalue weighted by Crippen LogP contribution is -2.15. The molecule has 2 N–H and O–H groups in total. The number of benzene rings is 2. The van der Waals surface area contributed by atoms with Gasteiger partial charge in [-0.1, -0.05) is 34.1 Å². The maximum Gasteiger partial charge on any atom is 0.267 e. The Hall–Kier alpha value is -3.09. The first-order chi connectivity index (χ1) is 11.1. The maximum absolute atomic E-state index is 12.1. The summed E-state index contributed by atoms with van der Waals surface area (Å²) in [7, 11) is 0. The van der Waals surface area contributed by atoms with Crippen molar-refractivity contribution in [1.82, 2.24) is 0 Å². The number of rotatable bonds is 4. The number of para-hydroxylation sites is 1. The predicted molar refractivity (Wildman–Crippen MR) is 91.2 cm³/mol. The van der Waals surface area contributed by atoms with Crippen molar-refractivity contribution in [3.8, 4) is 12.1 Å². The third-order valence-electron chi connectivity index (χ3n) is 2.87. The van der Waals surface area contributed by atoms with E-state index in [9.17, 15) is 4.79 Å². The topological polar surface area (TPSA) is 88.7 Å². The van der Waals surface area contributed by atoms with Crippen molar-refractivity contribution in [2.24, 2.45) is 0 Å². The highest BCUT2D eigenvalue weighted by Crippen LogP contribution is 2.17. The van der Waals surface area contributed by atoms with Crippen LogP contribution in [0.2, 0.25) is 0 Å². The van der Waals surface area contributed by atoms with Gasteiger partial charge in [0.15, 0.2) is 0 Å². The summed E-state index contributed by atoms with van der Waals surface area (Å²) in [5.74, 6) is -0.585. The fraction of sp³-hybridized carbons (Fsp3) is 0. The van der Waals surface area contributed by atoms with Crippen LogP contribution >= 0.6 is 15.9 Å². The SMILES string of the molecule is N#C/C(=C/Nc1cccc(Br)c1)C(=O)Nc1ccccc1C#N. The number of hydrogen-bond acceptors (Lipinski definition) is 4. The smallest absolute Gasteiger partial charge is 0.267 e. The second-order valence-electron chi connectivity index (χ2n) is 4.44. The molecular formula is C17H11BrN4O. The fourth-order valence-corrected chi connectivity index (χ4v) is 2.16. The molecule has 0 saturated carbocycles. The van der Waals surface area contributed by atoms with Crippen molar-refractivity contribution in [3.05, 3.63) is 70.3 Å². The molecule has 2 aromatic carbocycles. The summed E-state index contributed by atoms with van der Waals surface area (Å²) >= 11 is 3.34. The number of nitrogens with zero attached hydrogens (tertiary/aromatic N) is 2. The summed E-state index contributed by atoms with van der Waals surface area (Å²) in [6.45, 7) is 0. The Labute approximate surface area is 142 Å². The van der Waals surface area contributed by atoms with Crippen LogP contribution in [0, 0.1) is 22.7 Å². The normalized spacial score (nSPS) is 10.3. The zero-order chi connectivity index (χ0) is 16.7. The Kier molecular flexibility index (Phi) is 5.51. The highest BCUT2D eigenvalue weighted by atomic mass is 79.9. The van der Waals surface area contributed by atoms with Gasteiger partial charge >= 0.3 is 0 Å². The molecule has 0 aliphatic carbocycles. The number of anilines is 2. The Morgan fingerprint density at radius 3 is 2.61 bits per heavy atom. The van der Waals surface area contributed by atoms with Gasteiger partial charge in [0.2, 0.25) is 0 Å². The monoisotopic (exact) mass is 366 g/mol. The second kappa shape index (κ2) is 7.79. The van der Waals surface area contributed by atoms with E-state index in [0.717, 1.165) is 10.2 Å². The van der Waals surface area contributed by atoms with Crippen LogP contribution in [0.15, 0.2) is 64.8 Å². The molecule has 0 atom stereocenters. The number of nitriles is 2. The van der Waals surface area contributed by atoms with Crippen LogP contribution in [0.5, 0.6) is 0 Å². The molecule has 2 aromatic rings. The molecule has 0 heterocycles. The first-order valence-corrected chi connectivity index (χ1v) is 7.36. The minimum atomic E-state index is -0.585. The van der Waals surface area contributed by atoms with Crippen LogP contribution in [-0.2, 0) is 4.79 Å². The van der Waals surface area contributed by atoms with Gasteiger partial charge in [-0.05, 0) is 30.3 Å². The number of nitrogens with one attached hydrogen (secondary N) is 2. The summed E-state index contributed by atoms with van der Waals surface area (Å²) in [5.41, 5.74) is 1.33. The highest BCUT2D eigenvalue weighted by molar-refractivity contribution is 9.10. The molecule has 0 radical (unpaired) electrons. The zero-order valence-electron chi connectivity index (χ0n) is 11.9. The lowest BCUT2D eigenvalue weighted by atomic mass is 10.2. The van der Waals surface area contributed by atoms with Crippen molar-refractivity contribution < 1.29 is 4.79 Å². The van der Waals surface area contributed by atoms with Crippen LogP contribution in [0.4, 0.5) is 11.4 Å². The van der Waals surface area contributed by atoms with Gasteiger partial charge in [0.1, 0.15) is 17.7 Å². The van der Waals surface area contributed by atoms with E-state index < -0.39 is 5.91 Å².